The van der Waals surface area contributed by atoms with Gasteiger partial charge in [0.1, 0.15) is 13.2 Å². The molecule has 0 rings (SSSR count). The molecule has 6 nitrogen and oxygen atoms in total. The second-order valence-corrected chi connectivity index (χ2v) is 20.2. The minimum absolute atomic E-state index is 0.0630. The first-order chi connectivity index (χ1) is 30.2. The van der Waals surface area contributed by atoms with Crippen LogP contribution in [0, 0.1) is 11.8 Å². The highest BCUT2D eigenvalue weighted by Gasteiger charge is 2.19. The molecule has 0 radical (unpaired) electrons. The first-order valence-electron chi connectivity index (χ1n) is 27.7. The number of carbonyl (C=O) groups excluding carboxylic acids is 3. The number of hydrogen-bond acceptors (Lipinski definition) is 6. The third-order valence-corrected chi connectivity index (χ3v) is 12.7. The SMILES string of the molecule is CCCCCCCCCCCCCCCC(=O)OC[C@@H](COC(=O)CCCCCCCCCCCCC(C)C)OC(=O)CCCCCCCCCCCCCCCCCC(C)C. The molecule has 0 spiro atoms. The van der Waals surface area contributed by atoms with Gasteiger partial charge in [0, 0.05) is 19.3 Å². The van der Waals surface area contributed by atoms with Crippen LogP contribution in [0.1, 0.15) is 311 Å². The Morgan fingerprint density at radius 2 is 0.532 bits per heavy atom. The van der Waals surface area contributed by atoms with Gasteiger partial charge in [-0.2, -0.15) is 0 Å². The summed E-state index contributed by atoms with van der Waals surface area (Å²) in [4.78, 5) is 38.0. The van der Waals surface area contributed by atoms with Crippen molar-refractivity contribution in [3.63, 3.8) is 0 Å². The maximum absolute atomic E-state index is 12.8. The van der Waals surface area contributed by atoms with E-state index in [1.54, 1.807) is 0 Å². The Morgan fingerprint density at radius 3 is 0.790 bits per heavy atom. The summed E-state index contributed by atoms with van der Waals surface area (Å²) in [5.41, 5.74) is 0. The number of esters is 3. The Labute approximate surface area is 387 Å². The molecular weight excluding hydrogens is 769 g/mol. The van der Waals surface area contributed by atoms with Gasteiger partial charge in [-0.05, 0) is 31.1 Å². The van der Waals surface area contributed by atoms with Crippen LogP contribution in [-0.2, 0) is 28.6 Å². The molecule has 0 unspecified atom stereocenters. The van der Waals surface area contributed by atoms with Crippen molar-refractivity contribution in [2.24, 2.45) is 11.8 Å². The first-order valence-corrected chi connectivity index (χ1v) is 27.7. The van der Waals surface area contributed by atoms with Gasteiger partial charge < -0.3 is 14.2 Å². The lowest BCUT2D eigenvalue weighted by Gasteiger charge is -2.18. The third kappa shape index (κ3) is 49.4. The molecule has 0 aromatic carbocycles. The Kier molecular flexibility index (Phi) is 47.6. The first kappa shape index (κ1) is 60.4. The number of carbonyl (C=O) groups is 3. The van der Waals surface area contributed by atoms with Crippen LogP contribution < -0.4 is 0 Å². The summed E-state index contributed by atoms with van der Waals surface area (Å²) in [5, 5.41) is 0. The van der Waals surface area contributed by atoms with E-state index < -0.39 is 6.10 Å². The van der Waals surface area contributed by atoms with E-state index in [2.05, 4.69) is 34.6 Å². The molecule has 1 atom stereocenters. The van der Waals surface area contributed by atoms with Gasteiger partial charge in [-0.25, -0.2) is 0 Å². The number of unbranched alkanes of at least 4 members (excludes halogenated alkanes) is 35. The molecule has 0 aromatic rings. The van der Waals surface area contributed by atoms with E-state index in [4.69, 9.17) is 14.2 Å². The highest BCUT2D eigenvalue weighted by Crippen LogP contribution is 2.18. The van der Waals surface area contributed by atoms with Crippen LogP contribution in [0.25, 0.3) is 0 Å². The van der Waals surface area contributed by atoms with Crippen molar-refractivity contribution in [1.29, 1.82) is 0 Å². The van der Waals surface area contributed by atoms with E-state index in [-0.39, 0.29) is 31.1 Å². The Bertz CT molecular complexity index is 947. The second kappa shape index (κ2) is 48.9. The van der Waals surface area contributed by atoms with Crippen LogP contribution in [0.4, 0.5) is 0 Å². The molecule has 0 fully saturated rings. The lowest BCUT2D eigenvalue weighted by atomic mass is 10.0. The van der Waals surface area contributed by atoms with Crippen molar-refractivity contribution in [3.8, 4) is 0 Å². The van der Waals surface area contributed by atoms with Crippen LogP contribution in [0.15, 0.2) is 0 Å². The summed E-state index contributed by atoms with van der Waals surface area (Å²) in [6.07, 6.45) is 50.9. The maximum atomic E-state index is 12.8. The van der Waals surface area contributed by atoms with Crippen molar-refractivity contribution in [2.75, 3.05) is 13.2 Å². The molecule has 0 saturated heterocycles. The zero-order valence-corrected chi connectivity index (χ0v) is 42.5. The Morgan fingerprint density at radius 1 is 0.306 bits per heavy atom. The molecule has 0 aliphatic heterocycles. The summed E-state index contributed by atoms with van der Waals surface area (Å²) in [6, 6.07) is 0. The van der Waals surface area contributed by atoms with Crippen LogP contribution in [-0.4, -0.2) is 37.2 Å². The quantitative estimate of drug-likeness (QED) is 0.0344. The molecule has 6 heteroatoms. The van der Waals surface area contributed by atoms with Crippen molar-refractivity contribution < 1.29 is 28.6 Å². The van der Waals surface area contributed by atoms with Gasteiger partial charge in [0.25, 0.3) is 0 Å². The normalized spacial score (nSPS) is 12.0. The fraction of sp³-hybridized carbons (Fsp3) is 0.946. The van der Waals surface area contributed by atoms with Crippen molar-refractivity contribution in [3.05, 3.63) is 0 Å². The smallest absolute Gasteiger partial charge is 0.306 e. The Balaban J connectivity index is 4.29. The van der Waals surface area contributed by atoms with Crippen molar-refractivity contribution >= 4 is 17.9 Å². The molecular formula is C56H108O6. The van der Waals surface area contributed by atoms with Gasteiger partial charge in [0.2, 0.25) is 0 Å². The van der Waals surface area contributed by atoms with E-state index in [1.165, 1.54) is 199 Å². The van der Waals surface area contributed by atoms with Gasteiger partial charge in [0.05, 0.1) is 0 Å². The third-order valence-electron chi connectivity index (χ3n) is 12.7. The lowest BCUT2D eigenvalue weighted by Crippen LogP contribution is -2.30. The molecule has 62 heavy (non-hydrogen) atoms. The van der Waals surface area contributed by atoms with E-state index in [0.717, 1.165) is 69.6 Å². The fourth-order valence-electron chi connectivity index (χ4n) is 8.52. The number of rotatable bonds is 50. The summed E-state index contributed by atoms with van der Waals surface area (Å²) in [6.45, 7) is 11.4. The molecule has 0 saturated carbocycles. The zero-order chi connectivity index (χ0) is 45.4. The van der Waals surface area contributed by atoms with Crippen molar-refractivity contribution in [1.82, 2.24) is 0 Å². The lowest BCUT2D eigenvalue weighted by molar-refractivity contribution is -0.167. The van der Waals surface area contributed by atoms with E-state index in [0.29, 0.717) is 19.3 Å². The fourth-order valence-corrected chi connectivity index (χ4v) is 8.52. The largest absolute Gasteiger partial charge is 0.462 e. The zero-order valence-electron chi connectivity index (χ0n) is 42.5. The molecule has 0 aliphatic carbocycles. The topological polar surface area (TPSA) is 78.9 Å². The molecule has 0 bridgehead atoms. The summed E-state index contributed by atoms with van der Waals surface area (Å²) >= 11 is 0. The molecule has 0 N–H and O–H groups in total. The number of hydrogen-bond donors (Lipinski definition) is 0. The molecule has 368 valence electrons. The van der Waals surface area contributed by atoms with Gasteiger partial charge in [-0.3, -0.25) is 14.4 Å². The molecule has 0 heterocycles. The van der Waals surface area contributed by atoms with Gasteiger partial charge >= 0.3 is 17.9 Å². The maximum Gasteiger partial charge on any atom is 0.306 e. The minimum atomic E-state index is -0.762. The standard InChI is InChI=1S/C56H108O6/c1-6-7-8-9-10-11-12-16-20-26-31-36-41-46-54(57)60-49-53(50-61-55(58)47-42-37-32-27-23-22-25-30-35-40-45-52(4)5)62-56(59)48-43-38-33-28-21-18-15-13-14-17-19-24-29-34-39-44-51(2)3/h51-53H,6-50H2,1-5H3/t53-/m0/s1. The predicted molar refractivity (Wildman–Crippen MR) is 266 cm³/mol. The highest BCUT2D eigenvalue weighted by molar-refractivity contribution is 5.71. The molecule has 0 aliphatic rings. The number of ether oxygens (including phenoxy) is 3. The van der Waals surface area contributed by atoms with Crippen LogP contribution in [0.5, 0.6) is 0 Å². The molecule has 0 amide bonds. The monoisotopic (exact) mass is 877 g/mol. The Hall–Kier alpha value is -1.59. The summed E-state index contributed by atoms with van der Waals surface area (Å²) in [7, 11) is 0. The average Bonchev–Trinajstić information content (AvgIpc) is 3.24. The van der Waals surface area contributed by atoms with Gasteiger partial charge in [-0.15, -0.1) is 0 Å². The minimum Gasteiger partial charge on any atom is -0.462 e. The van der Waals surface area contributed by atoms with Crippen LogP contribution in [0.3, 0.4) is 0 Å². The van der Waals surface area contributed by atoms with Crippen LogP contribution in [0.2, 0.25) is 0 Å². The summed E-state index contributed by atoms with van der Waals surface area (Å²) < 4.78 is 16.9. The second-order valence-electron chi connectivity index (χ2n) is 20.2. The van der Waals surface area contributed by atoms with Gasteiger partial charge in [0.15, 0.2) is 6.10 Å². The average molecular weight is 877 g/mol. The molecule has 0 aromatic heterocycles. The van der Waals surface area contributed by atoms with Gasteiger partial charge in [-0.1, -0.05) is 272 Å². The van der Waals surface area contributed by atoms with E-state index in [9.17, 15) is 14.4 Å². The van der Waals surface area contributed by atoms with Crippen LogP contribution >= 0.6 is 0 Å². The van der Waals surface area contributed by atoms with E-state index in [1.807, 2.05) is 0 Å². The highest BCUT2D eigenvalue weighted by atomic mass is 16.6. The van der Waals surface area contributed by atoms with Crippen molar-refractivity contribution in [2.45, 2.75) is 317 Å². The summed E-state index contributed by atoms with van der Waals surface area (Å²) in [5.74, 6) is 0.824. The van der Waals surface area contributed by atoms with E-state index >= 15 is 0 Å². The predicted octanol–water partition coefficient (Wildman–Crippen LogP) is 18.1.